The largest absolute Gasteiger partial charge is 0.630 e. The summed E-state index contributed by atoms with van der Waals surface area (Å²) in [7, 11) is 1.16. The fraction of sp³-hybridized carbons (Fsp3) is 0.600. The summed E-state index contributed by atoms with van der Waals surface area (Å²) in [5.74, 6) is -1.92. The van der Waals surface area contributed by atoms with Gasteiger partial charge in [0.2, 0.25) is 23.8 Å². The predicted octanol–water partition coefficient (Wildman–Crippen LogP) is 0.408. The molecule has 9 nitrogen and oxygen atoms in total. The lowest BCUT2D eigenvalue weighted by Crippen LogP contribution is -2.77. The average molecular weight is 371 g/mol. The minimum atomic E-state index is -1.26. The van der Waals surface area contributed by atoms with E-state index in [0.717, 1.165) is 23.4 Å². The molecule has 2 heterocycles. The van der Waals surface area contributed by atoms with Crippen molar-refractivity contribution in [3.05, 3.63) is 17.4 Å². The van der Waals surface area contributed by atoms with Crippen LogP contribution >= 0.6 is 11.9 Å². The van der Waals surface area contributed by atoms with Crippen LogP contribution in [-0.2, 0) is 23.9 Å². The number of esters is 1. The van der Waals surface area contributed by atoms with E-state index in [0.29, 0.717) is 0 Å². The molecule has 0 radical (unpaired) electrons. The number of hydrogen-bond acceptors (Lipinski definition) is 7. The first-order valence-electron chi connectivity index (χ1n) is 7.74. The van der Waals surface area contributed by atoms with E-state index in [1.807, 2.05) is 0 Å². The van der Waals surface area contributed by atoms with Crippen molar-refractivity contribution < 1.29 is 28.6 Å². The van der Waals surface area contributed by atoms with Crippen LogP contribution in [0.25, 0.3) is 0 Å². The summed E-state index contributed by atoms with van der Waals surface area (Å²) in [6, 6.07) is -1.26. The average Bonchev–Trinajstić information content (AvgIpc) is 2.84. The third-order valence-electron chi connectivity index (χ3n) is 4.26. The molecule has 4 unspecified atom stereocenters. The molecule has 0 aliphatic carbocycles. The topological polar surface area (TPSA) is 116 Å². The van der Waals surface area contributed by atoms with Crippen molar-refractivity contribution in [1.82, 2.24) is 9.62 Å². The molecule has 0 aromatic carbocycles. The Morgan fingerprint density at radius 2 is 1.92 bits per heavy atom. The zero-order valence-electron chi connectivity index (χ0n) is 14.3. The van der Waals surface area contributed by atoms with Gasteiger partial charge in [0.15, 0.2) is 11.5 Å². The Morgan fingerprint density at radius 1 is 1.36 bits per heavy atom. The monoisotopic (exact) mass is 371 g/mol. The zero-order valence-corrected chi connectivity index (χ0v) is 15.1. The maximum absolute atomic E-state index is 13.6. The van der Waals surface area contributed by atoms with E-state index < -0.39 is 34.1 Å². The summed E-state index contributed by atoms with van der Waals surface area (Å²) in [4.78, 5) is 47.2. The highest BCUT2D eigenvalue weighted by atomic mass is 32.2. The van der Waals surface area contributed by atoms with Crippen molar-refractivity contribution in [3.8, 4) is 0 Å². The molecule has 0 aromatic rings. The van der Waals surface area contributed by atoms with Gasteiger partial charge in [-0.15, -0.1) is 0 Å². The number of ether oxygens (including phenoxy) is 1. The number of imide groups is 1. The Hall–Kier alpha value is -1.91. The Kier molecular flexibility index (Phi) is 5.55. The molecule has 0 bridgehead atoms. The minimum Gasteiger partial charge on any atom is -0.630 e. The molecule has 4 atom stereocenters. The Bertz CT molecular complexity index is 623. The summed E-state index contributed by atoms with van der Waals surface area (Å²) in [5, 5.41) is 15.3. The minimum absolute atomic E-state index is 0.105. The highest BCUT2D eigenvalue weighted by Crippen LogP contribution is 2.46. The van der Waals surface area contributed by atoms with Gasteiger partial charge in [0.05, 0.1) is 13.5 Å². The first kappa shape index (κ1) is 19.4. The molecule has 3 amide bonds. The molecule has 138 valence electrons. The lowest BCUT2D eigenvalue weighted by atomic mass is 9.99. The third-order valence-corrected chi connectivity index (χ3v) is 5.64. The molecule has 25 heavy (non-hydrogen) atoms. The Labute approximate surface area is 149 Å². The van der Waals surface area contributed by atoms with Crippen molar-refractivity contribution in [2.45, 2.75) is 50.7 Å². The SMILES string of the molecule is C=C(C)C(C(=O)OC)[N+]1([O-])C(NC(C)=O)CC1SN1C(=O)CCC1=O. The van der Waals surface area contributed by atoms with Crippen LogP contribution in [0.3, 0.4) is 0 Å². The van der Waals surface area contributed by atoms with Gasteiger partial charge in [-0.3, -0.25) is 14.4 Å². The molecule has 10 heteroatoms. The van der Waals surface area contributed by atoms with Gasteiger partial charge < -0.3 is 19.9 Å². The van der Waals surface area contributed by atoms with Crippen molar-refractivity contribution in [2.24, 2.45) is 0 Å². The first-order valence-corrected chi connectivity index (χ1v) is 8.58. The van der Waals surface area contributed by atoms with Crippen LogP contribution in [0.5, 0.6) is 0 Å². The highest BCUT2D eigenvalue weighted by Gasteiger charge is 2.59. The number of hydroxylamine groups is 3. The van der Waals surface area contributed by atoms with Gasteiger partial charge in [-0.2, -0.15) is 0 Å². The van der Waals surface area contributed by atoms with E-state index in [1.165, 1.54) is 13.8 Å². The van der Waals surface area contributed by atoms with Gasteiger partial charge in [-0.05, 0) is 12.5 Å². The summed E-state index contributed by atoms with van der Waals surface area (Å²) in [5.41, 5.74) is 0.279. The van der Waals surface area contributed by atoms with Gasteiger partial charge in [-0.25, -0.2) is 9.10 Å². The number of rotatable bonds is 6. The molecule has 0 saturated carbocycles. The second-order valence-electron chi connectivity index (χ2n) is 6.13. The molecule has 0 spiro atoms. The summed E-state index contributed by atoms with van der Waals surface area (Å²) in [6.45, 7) is 6.49. The van der Waals surface area contributed by atoms with Crippen LogP contribution in [0.1, 0.15) is 33.1 Å². The molecular weight excluding hydrogens is 350 g/mol. The van der Waals surface area contributed by atoms with Crippen LogP contribution in [0.4, 0.5) is 0 Å². The third kappa shape index (κ3) is 3.42. The fourth-order valence-electron chi connectivity index (χ4n) is 3.06. The number of carbonyl (C=O) groups excluding carboxylic acids is 4. The predicted molar refractivity (Wildman–Crippen MR) is 88.9 cm³/mol. The number of amides is 3. The second-order valence-corrected chi connectivity index (χ2v) is 7.25. The van der Waals surface area contributed by atoms with Crippen molar-refractivity contribution in [3.63, 3.8) is 0 Å². The van der Waals surface area contributed by atoms with Gasteiger partial charge >= 0.3 is 5.97 Å². The number of likely N-dealkylation sites (tertiary alicyclic amines) is 1. The van der Waals surface area contributed by atoms with E-state index in [2.05, 4.69) is 11.9 Å². The summed E-state index contributed by atoms with van der Waals surface area (Å²) < 4.78 is 4.55. The van der Waals surface area contributed by atoms with Gasteiger partial charge in [0.25, 0.3) is 0 Å². The van der Waals surface area contributed by atoms with Crippen molar-refractivity contribution in [2.75, 3.05) is 7.11 Å². The Balaban J connectivity index is 2.31. The van der Waals surface area contributed by atoms with Crippen LogP contribution in [0, 0.1) is 5.21 Å². The molecule has 0 aromatic heterocycles. The smallest absolute Gasteiger partial charge is 0.369 e. The number of hydrogen-bond donors (Lipinski definition) is 1. The van der Waals surface area contributed by atoms with E-state index in [4.69, 9.17) is 4.74 Å². The summed E-state index contributed by atoms with van der Waals surface area (Å²) >= 11 is 0.815. The van der Waals surface area contributed by atoms with Crippen LogP contribution in [0.2, 0.25) is 0 Å². The number of nitrogens with one attached hydrogen (secondary N) is 1. The molecule has 2 saturated heterocycles. The van der Waals surface area contributed by atoms with Gasteiger partial charge in [-0.1, -0.05) is 6.58 Å². The van der Waals surface area contributed by atoms with E-state index in [1.54, 1.807) is 0 Å². The number of carbonyl (C=O) groups is 4. The lowest BCUT2D eigenvalue weighted by Gasteiger charge is -2.63. The molecule has 2 rings (SSSR count). The van der Waals surface area contributed by atoms with E-state index in [9.17, 15) is 24.4 Å². The molecule has 1 N–H and O–H groups in total. The van der Waals surface area contributed by atoms with Crippen LogP contribution < -0.4 is 5.32 Å². The van der Waals surface area contributed by atoms with Crippen LogP contribution in [0.15, 0.2) is 12.2 Å². The molecular formula is C15H21N3O6S. The maximum atomic E-state index is 13.6. The molecule has 2 aliphatic heterocycles. The molecule has 2 aliphatic rings. The second kappa shape index (κ2) is 7.14. The van der Waals surface area contributed by atoms with E-state index >= 15 is 0 Å². The van der Waals surface area contributed by atoms with Gasteiger partial charge in [0, 0.05) is 31.7 Å². The summed E-state index contributed by atoms with van der Waals surface area (Å²) in [6.07, 6.45) is -0.462. The lowest BCUT2D eigenvalue weighted by molar-refractivity contribution is -0.969. The Morgan fingerprint density at radius 3 is 2.36 bits per heavy atom. The quantitative estimate of drug-likeness (QED) is 0.179. The highest BCUT2D eigenvalue weighted by molar-refractivity contribution is 7.98. The van der Waals surface area contributed by atoms with Crippen molar-refractivity contribution >= 4 is 35.6 Å². The first-order chi connectivity index (χ1) is 11.6. The van der Waals surface area contributed by atoms with Gasteiger partial charge in [0.1, 0.15) is 0 Å². The van der Waals surface area contributed by atoms with Crippen LogP contribution in [-0.4, -0.2) is 57.3 Å². The van der Waals surface area contributed by atoms with Crippen molar-refractivity contribution in [1.29, 1.82) is 0 Å². The zero-order chi connectivity index (χ0) is 18.9. The normalized spacial score (nSPS) is 29.8. The number of nitrogens with zero attached hydrogens (tertiary/aromatic N) is 2. The number of methoxy groups -OCH3 is 1. The van der Waals surface area contributed by atoms with E-state index in [-0.39, 0.29) is 36.6 Å². The fourth-order valence-corrected chi connectivity index (χ4v) is 4.40. The molecule has 2 fully saturated rings. The number of quaternary nitrogens is 1. The standard InChI is InChI=1S/C15H21N3O6S/c1-8(2)14(15(22)24-4)18(23)10(16-9(3)19)7-13(18)25-17-11(20)5-6-12(17)21/h10,13-14H,1,5-7H2,2-4H3,(H,16,19). The maximum Gasteiger partial charge on any atom is 0.369 e.